The zero-order valence-corrected chi connectivity index (χ0v) is 58.2. The molecule has 488 valence electrons. The molecule has 8 unspecified atom stereocenters. The average Bonchev–Trinajstić information content (AvgIpc) is 1.60. The van der Waals surface area contributed by atoms with Crippen molar-refractivity contribution in [3.63, 3.8) is 0 Å². The molecule has 8 nitrogen and oxygen atoms in total. The molecule has 5 aromatic heterocycles. The average molecular weight is 1390 g/mol. The maximum Gasteiger partial charge on any atom is 0.142 e. The van der Waals surface area contributed by atoms with E-state index >= 15 is 0 Å². The van der Waals surface area contributed by atoms with E-state index in [1.807, 2.05) is 34.0 Å². The van der Waals surface area contributed by atoms with E-state index in [0.29, 0.717) is 11.2 Å². The minimum absolute atomic E-state index is 0.0716. The summed E-state index contributed by atoms with van der Waals surface area (Å²) in [5.41, 5.74) is 17.0. The number of para-hydroxylation sites is 1. The lowest BCUT2D eigenvalue weighted by molar-refractivity contribution is 0.343. The Morgan fingerprint density at radius 1 is 0.422 bits per heavy atom. The molecule has 0 saturated carbocycles. The number of hydrogen-bond acceptors (Lipinski definition) is 12. The number of amidine groups is 2. The molecule has 0 saturated heterocycles. The highest BCUT2D eigenvalue weighted by atomic mass is 32.2. The molecule has 11 aromatic carbocycles. The molecule has 0 amide bonds. The Balaban J connectivity index is 0.512. The number of thioether (sulfide) groups is 1. The number of allylic oxidation sites excluding steroid dienone is 5. The SMILES string of the molecule is C1=CC2C3=C(CC(c4ccc5sc6c(-c7ccc8c(c7)oc7cc(C9N=C(c%10ccccc%10)NC(c%10cccc%11c%10sc%10ccccc%10%11)N9)ccc78)cccc6c5c4)C=C3)SC2C=C1C1NC(c2ccccc2)=NC(C2C=Cc3c(oc4c(-c5cccc6c5sc5ccccc56)cccc34)C2)N1. The van der Waals surface area contributed by atoms with Crippen molar-refractivity contribution in [3.8, 4) is 22.3 Å². The summed E-state index contributed by atoms with van der Waals surface area (Å²) in [6, 6.07) is 85.8. The topological polar surface area (TPSA) is 99.1 Å². The number of nitrogens with one attached hydrogen (secondary N) is 4. The van der Waals surface area contributed by atoms with Gasteiger partial charge < -0.3 is 19.5 Å². The summed E-state index contributed by atoms with van der Waals surface area (Å²) in [5, 5.41) is 27.0. The second-order valence-corrected chi connectivity index (χ2v) is 32.2. The lowest BCUT2D eigenvalue weighted by Crippen LogP contribution is -2.57. The number of rotatable bonds is 9. The van der Waals surface area contributed by atoms with Gasteiger partial charge in [-0.05, 0) is 87.2 Å². The van der Waals surface area contributed by atoms with Crippen molar-refractivity contribution in [3.05, 3.63) is 328 Å². The lowest BCUT2D eigenvalue weighted by atomic mass is 9.82. The molecule has 102 heavy (non-hydrogen) atoms. The monoisotopic (exact) mass is 1390 g/mol. The zero-order valence-electron chi connectivity index (χ0n) is 54.9. The van der Waals surface area contributed by atoms with Gasteiger partial charge in [0.1, 0.15) is 58.8 Å². The molecule has 4 N–H and O–H groups in total. The van der Waals surface area contributed by atoms with Crippen LogP contribution in [0.5, 0.6) is 0 Å². The first-order chi connectivity index (χ1) is 50.5. The summed E-state index contributed by atoms with van der Waals surface area (Å²) >= 11 is 7.65. The van der Waals surface area contributed by atoms with E-state index in [4.69, 9.17) is 18.8 Å². The number of thiophene rings is 3. The third-order valence-electron chi connectivity index (χ3n) is 21.9. The second kappa shape index (κ2) is 23.4. The van der Waals surface area contributed by atoms with E-state index in [1.165, 1.54) is 104 Å². The lowest BCUT2D eigenvalue weighted by Gasteiger charge is -2.37. The van der Waals surface area contributed by atoms with Crippen LogP contribution in [0.2, 0.25) is 0 Å². The molecule has 0 bridgehead atoms. The highest BCUT2D eigenvalue weighted by molar-refractivity contribution is 8.04. The van der Waals surface area contributed by atoms with Crippen LogP contribution >= 0.6 is 45.8 Å². The van der Waals surface area contributed by atoms with Crippen molar-refractivity contribution in [2.75, 3.05) is 0 Å². The van der Waals surface area contributed by atoms with Crippen LogP contribution in [0.25, 0.3) is 122 Å². The molecule has 0 spiro atoms. The Labute approximate surface area is 603 Å². The quantitative estimate of drug-likeness (QED) is 0.114. The summed E-state index contributed by atoms with van der Waals surface area (Å²) in [6.07, 6.45) is 17.8. The second-order valence-electron chi connectivity index (χ2n) is 27.8. The fraction of sp³-hybridized carbons (Fsp3) is 0.111. The number of aliphatic imine (C=N–C) groups is 2. The normalized spacial score (nSPS) is 21.7. The predicted octanol–water partition coefficient (Wildman–Crippen LogP) is 22.8. The van der Waals surface area contributed by atoms with Gasteiger partial charge in [-0.3, -0.25) is 10.6 Å². The molecular formula is C90H62N6O2S4. The van der Waals surface area contributed by atoms with Crippen LogP contribution in [0.15, 0.2) is 308 Å². The van der Waals surface area contributed by atoms with Crippen molar-refractivity contribution >= 4 is 157 Å². The van der Waals surface area contributed by atoms with Gasteiger partial charge in [0.15, 0.2) is 0 Å². The fourth-order valence-corrected chi connectivity index (χ4v) is 22.2. The van der Waals surface area contributed by atoms with E-state index in [9.17, 15) is 0 Å². The zero-order chi connectivity index (χ0) is 66.7. The maximum absolute atomic E-state index is 7.04. The fourth-order valence-electron chi connectivity index (χ4n) is 16.9. The maximum atomic E-state index is 7.04. The van der Waals surface area contributed by atoms with Crippen molar-refractivity contribution in [1.29, 1.82) is 0 Å². The smallest absolute Gasteiger partial charge is 0.142 e. The molecule has 8 atom stereocenters. The molecular weight excluding hydrogens is 1330 g/mol. The summed E-state index contributed by atoms with van der Waals surface area (Å²) in [6.45, 7) is 0. The Bertz CT molecular complexity index is 6460. The van der Waals surface area contributed by atoms with Gasteiger partial charge in [-0.1, -0.05) is 237 Å². The Hall–Kier alpha value is -10.7. The van der Waals surface area contributed by atoms with Gasteiger partial charge in [0.05, 0.1) is 0 Å². The molecule has 12 heteroatoms. The van der Waals surface area contributed by atoms with E-state index in [1.54, 1.807) is 0 Å². The van der Waals surface area contributed by atoms with Crippen LogP contribution in [0, 0.1) is 11.8 Å². The molecule has 8 heterocycles. The number of benzene rings is 11. The van der Waals surface area contributed by atoms with E-state index in [0.717, 1.165) is 91.0 Å². The van der Waals surface area contributed by atoms with Gasteiger partial charge in [0.25, 0.3) is 0 Å². The van der Waals surface area contributed by atoms with Crippen LogP contribution in [0.4, 0.5) is 0 Å². The summed E-state index contributed by atoms with van der Waals surface area (Å²) in [5.74, 6) is 3.45. The minimum Gasteiger partial charge on any atom is -0.460 e. The third kappa shape index (κ3) is 9.61. The third-order valence-corrected chi connectivity index (χ3v) is 27.0. The number of hydrogen-bond donors (Lipinski definition) is 4. The number of fused-ring (bicyclic) bond motifs is 17. The standard InChI is InChI=1S/C90H62N6O2S4/c1-3-15-49(16-4-1)85-91-87(55-34-39-60-65-22-12-23-66(81(65)98-75(60)46-55)69-26-13-24-67-61-19-7-9-29-76(61)100-83(67)69)94-89(92-85)56-35-41-64-63-40-31-52(47-79(63)99-80(64)48-56)51-36-42-78-72(43-51)70-27-11-21-57(82(70)102-78)53-32-37-58-59-38-33-54(45-74(59)97-73(58)44-53)88-93-86(50-17-5-2-6-18-50)95-90(96-88)71-28-14-25-68-62-20-8-10-30-77(62)101-84(68)71/h1-45,48,52,55,64,80,87-90,94,96H,46-47H2,(H,91,92)(H,93,95). The molecule has 3 aliphatic heterocycles. The predicted molar refractivity (Wildman–Crippen MR) is 429 cm³/mol. The molecule has 6 aliphatic rings. The van der Waals surface area contributed by atoms with Crippen LogP contribution in [-0.2, 0) is 6.42 Å². The number of nitrogens with zero attached hydrogens (tertiary/aromatic N) is 2. The summed E-state index contributed by atoms with van der Waals surface area (Å²) < 4.78 is 21.7. The van der Waals surface area contributed by atoms with Gasteiger partial charge in [-0.25, -0.2) is 9.98 Å². The van der Waals surface area contributed by atoms with Gasteiger partial charge >= 0.3 is 0 Å². The Kier molecular flexibility index (Phi) is 13.6. The van der Waals surface area contributed by atoms with E-state index in [-0.39, 0.29) is 36.5 Å². The number of furan rings is 2. The molecule has 16 aromatic rings. The Morgan fingerprint density at radius 3 is 1.86 bits per heavy atom. The Morgan fingerprint density at radius 2 is 1.06 bits per heavy atom. The van der Waals surface area contributed by atoms with Crippen molar-refractivity contribution in [2.45, 2.75) is 48.7 Å². The van der Waals surface area contributed by atoms with E-state index in [2.05, 4.69) is 312 Å². The first-order valence-electron chi connectivity index (χ1n) is 35.2. The van der Waals surface area contributed by atoms with Crippen molar-refractivity contribution < 1.29 is 8.83 Å². The summed E-state index contributed by atoms with van der Waals surface area (Å²) in [4.78, 5) is 12.3. The van der Waals surface area contributed by atoms with Crippen LogP contribution in [-0.4, -0.2) is 29.3 Å². The highest BCUT2D eigenvalue weighted by Crippen LogP contribution is 2.54. The first-order valence-corrected chi connectivity index (χ1v) is 38.5. The molecule has 3 aliphatic carbocycles. The highest BCUT2D eigenvalue weighted by Gasteiger charge is 2.39. The first kappa shape index (κ1) is 59.1. The van der Waals surface area contributed by atoms with Crippen LogP contribution in [0.3, 0.4) is 0 Å². The van der Waals surface area contributed by atoms with Crippen LogP contribution < -0.4 is 21.3 Å². The van der Waals surface area contributed by atoms with Gasteiger partial charge in [-0.2, -0.15) is 0 Å². The largest absolute Gasteiger partial charge is 0.460 e. The molecule has 0 radical (unpaired) electrons. The van der Waals surface area contributed by atoms with E-state index < -0.39 is 0 Å². The molecule has 22 rings (SSSR count). The van der Waals surface area contributed by atoms with Crippen LogP contribution in [0.1, 0.15) is 63.8 Å². The molecule has 0 fully saturated rings. The van der Waals surface area contributed by atoms with Crippen molar-refractivity contribution in [2.24, 2.45) is 21.8 Å². The minimum atomic E-state index is -0.324. The summed E-state index contributed by atoms with van der Waals surface area (Å²) in [7, 11) is 0. The van der Waals surface area contributed by atoms with Gasteiger partial charge in [0.2, 0.25) is 0 Å². The van der Waals surface area contributed by atoms with Gasteiger partial charge in [0, 0.05) is 139 Å². The van der Waals surface area contributed by atoms with Crippen molar-refractivity contribution in [1.82, 2.24) is 21.3 Å². The van der Waals surface area contributed by atoms with Gasteiger partial charge in [-0.15, -0.1) is 45.8 Å².